The van der Waals surface area contributed by atoms with Crippen molar-refractivity contribution in [1.29, 1.82) is 0 Å². The fourth-order valence-electron chi connectivity index (χ4n) is 0.556. The average Bonchev–Trinajstić information content (AvgIpc) is 2.34. The number of hydrogen-bond donors (Lipinski definition) is 0. The molecule has 1 rings (SSSR count). The minimum absolute atomic E-state index is 0.320. The molecule has 0 atom stereocenters. The summed E-state index contributed by atoms with van der Waals surface area (Å²) in [5.74, 6) is 1.73. The van der Waals surface area contributed by atoms with Crippen LogP contribution >= 0.6 is 15.9 Å². The number of hydrogen-bond acceptors (Lipinski definition) is 3. The van der Waals surface area contributed by atoms with Gasteiger partial charge in [-0.15, -0.1) is 0 Å². The first-order chi connectivity index (χ1) is 4.74. The van der Waals surface area contributed by atoms with Crippen LogP contribution in [0.25, 0.3) is 0 Å². The molecule has 3 nitrogen and oxygen atoms in total. The van der Waals surface area contributed by atoms with Crippen LogP contribution in [0.5, 0.6) is 0 Å². The zero-order valence-electron chi connectivity index (χ0n) is 5.97. The van der Waals surface area contributed by atoms with Gasteiger partial charge in [0.25, 0.3) is 0 Å². The van der Waals surface area contributed by atoms with Crippen molar-refractivity contribution in [3.63, 3.8) is 0 Å². The molecule has 0 saturated carbocycles. The van der Waals surface area contributed by atoms with Crippen LogP contribution in [0, 0.1) is 0 Å². The van der Waals surface area contributed by atoms with E-state index in [1.807, 2.05) is 13.8 Å². The summed E-state index contributed by atoms with van der Waals surface area (Å²) in [5.41, 5.74) is 0. The molecule has 0 N–H and O–H groups in total. The van der Waals surface area contributed by atoms with Crippen LogP contribution in [-0.2, 0) is 5.33 Å². The molecule has 0 spiro atoms. The van der Waals surface area contributed by atoms with E-state index in [2.05, 4.69) is 26.1 Å². The lowest BCUT2D eigenvalue weighted by atomic mass is 10.2. The number of aromatic nitrogens is 2. The molecule has 0 radical (unpaired) electrons. The SMILES string of the molecule is CC(C)c1nc(CBr)no1. The summed E-state index contributed by atoms with van der Waals surface area (Å²) in [6, 6.07) is 0. The molecule has 56 valence electrons. The van der Waals surface area contributed by atoms with Crippen LogP contribution < -0.4 is 0 Å². The Bertz CT molecular complexity index is 209. The number of halogens is 1. The van der Waals surface area contributed by atoms with Gasteiger partial charge in [-0.3, -0.25) is 0 Å². The zero-order chi connectivity index (χ0) is 7.56. The van der Waals surface area contributed by atoms with E-state index < -0.39 is 0 Å². The van der Waals surface area contributed by atoms with Gasteiger partial charge in [0.15, 0.2) is 5.82 Å². The smallest absolute Gasteiger partial charge is 0.229 e. The normalized spacial score (nSPS) is 10.8. The molecule has 0 aliphatic carbocycles. The largest absolute Gasteiger partial charge is 0.339 e. The van der Waals surface area contributed by atoms with Gasteiger partial charge in [0, 0.05) is 5.92 Å². The highest BCUT2D eigenvalue weighted by Crippen LogP contribution is 2.11. The van der Waals surface area contributed by atoms with E-state index in [4.69, 9.17) is 4.52 Å². The summed E-state index contributed by atoms with van der Waals surface area (Å²) in [5, 5.41) is 4.38. The maximum Gasteiger partial charge on any atom is 0.229 e. The molecule has 1 aromatic heterocycles. The van der Waals surface area contributed by atoms with Gasteiger partial charge in [0.05, 0.1) is 5.33 Å². The molecule has 0 fully saturated rings. The Labute approximate surface area is 67.9 Å². The van der Waals surface area contributed by atoms with Crippen molar-refractivity contribution in [3.8, 4) is 0 Å². The van der Waals surface area contributed by atoms with Gasteiger partial charge in [-0.2, -0.15) is 4.98 Å². The van der Waals surface area contributed by atoms with E-state index >= 15 is 0 Å². The first-order valence-corrected chi connectivity index (χ1v) is 4.24. The van der Waals surface area contributed by atoms with Gasteiger partial charge < -0.3 is 4.52 Å². The standard InChI is InChI=1S/C6H9BrN2O/c1-4(2)6-8-5(3-7)9-10-6/h4H,3H2,1-2H3. The Morgan fingerprint density at radius 1 is 1.60 bits per heavy atom. The monoisotopic (exact) mass is 204 g/mol. The van der Waals surface area contributed by atoms with E-state index in [9.17, 15) is 0 Å². The second-order valence-corrected chi connectivity index (χ2v) is 2.90. The Hall–Kier alpha value is -0.380. The van der Waals surface area contributed by atoms with Crippen LogP contribution in [0.4, 0.5) is 0 Å². The van der Waals surface area contributed by atoms with Crippen molar-refractivity contribution in [2.24, 2.45) is 0 Å². The van der Waals surface area contributed by atoms with E-state index in [1.165, 1.54) is 0 Å². The van der Waals surface area contributed by atoms with E-state index in [-0.39, 0.29) is 0 Å². The third-order valence-electron chi connectivity index (χ3n) is 1.10. The second-order valence-electron chi connectivity index (χ2n) is 2.34. The Morgan fingerprint density at radius 3 is 2.60 bits per heavy atom. The van der Waals surface area contributed by atoms with Crippen molar-refractivity contribution in [1.82, 2.24) is 10.1 Å². The zero-order valence-corrected chi connectivity index (χ0v) is 7.55. The third kappa shape index (κ3) is 1.56. The molecule has 10 heavy (non-hydrogen) atoms. The van der Waals surface area contributed by atoms with Gasteiger partial charge in [-0.25, -0.2) is 0 Å². The molecule has 0 aliphatic rings. The molecule has 0 aliphatic heterocycles. The van der Waals surface area contributed by atoms with E-state index in [0.29, 0.717) is 23.0 Å². The Balaban J connectivity index is 2.78. The highest BCUT2D eigenvalue weighted by molar-refractivity contribution is 9.08. The van der Waals surface area contributed by atoms with Gasteiger partial charge in [0.1, 0.15) is 0 Å². The van der Waals surface area contributed by atoms with Crippen molar-refractivity contribution in [2.45, 2.75) is 25.1 Å². The predicted molar refractivity (Wildman–Crippen MR) is 41.0 cm³/mol. The molecule has 0 aromatic carbocycles. The topological polar surface area (TPSA) is 38.9 Å². The summed E-state index contributed by atoms with van der Waals surface area (Å²) in [4.78, 5) is 4.10. The maximum atomic E-state index is 4.93. The van der Waals surface area contributed by atoms with Crippen molar-refractivity contribution >= 4 is 15.9 Å². The molecular formula is C6H9BrN2O. The molecule has 0 bridgehead atoms. The molecular weight excluding hydrogens is 196 g/mol. The molecule has 4 heteroatoms. The lowest BCUT2D eigenvalue weighted by molar-refractivity contribution is 0.362. The number of nitrogens with zero attached hydrogens (tertiary/aromatic N) is 2. The average molecular weight is 205 g/mol. The lowest BCUT2D eigenvalue weighted by Crippen LogP contribution is -1.86. The summed E-state index contributed by atoms with van der Waals surface area (Å²) in [6.07, 6.45) is 0. The van der Waals surface area contributed by atoms with Gasteiger partial charge in [0.2, 0.25) is 5.89 Å². The molecule has 0 amide bonds. The highest BCUT2D eigenvalue weighted by atomic mass is 79.9. The first kappa shape index (κ1) is 7.72. The minimum Gasteiger partial charge on any atom is -0.339 e. The summed E-state index contributed by atoms with van der Waals surface area (Å²) < 4.78 is 4.93. The first-order valence-electron chi connectivity index (χ1n) is 3.12. The molecule has 1 aromatic rings. The van der Waals surface area contributed by atoms with Gasteiger partial charge >= 0.3 is 0 Å². The number of alkyl halides is 1. The van der Waals surface area contributed by atoms with Crippen molar-refractivity contribution < 1.29 is 4.52 Å². The number of rotatable bonds is 2. The van der Waals surface area contributed by atoms with Crippen LogP contribution in [-0.4, -0.2) is 10.1 Å². The van der Waals surface area contributed by atoms with E-state index in [1.54, 1.807) is 0 Å². The van der Waals surface area contributed by atoms with Crippen LogP contribution in [0.15, 0.2) is 4.52 Å². The molecule has 0 saturated heterocycles. The van der Waals surface area contributed by atoms with Crippen LogP contribution in [0.3, 0.4) is 0 Å². The maximum absolute atomic E-state index is 4.93. The van der Waals surface area contributed by atoms with Gasteiger partial charge in [-0.1, -0.05) is 34.9 Å². The highest BCUT2D eigenvalue weighted by Gasteiger charge is 2.07. The third-order valence-corrected chi connectivity index (χ3v) is 1.60. The lowest BCUT2D eigenvalue weighted by Gasteiger charge is -1.91. The van der Waals surface area contributed by atoms with Crippen LogP contribution in [0.1, 0.15) is 31.5 Å². The van der Waals surface area contributed by atoms with Crippen LogP contribution in [0.2, 0.25) is 0 Å². The second kappa shape index (κ2) is 3.14. The Morgan fingerprint density at radius 2 is 2.30 bits per heavy atom. The van der Waals surface area contributed by atoms with Crippen molar-refractivity contribution in [2.75, 3.05) is 0 Å². The molecule has 0 unspecified atom stereocenters. The quantitative estimate of drug-likeness (QED) is 0.694. The summed E-state index contributed by atoms with van der Waals surface area (Å²) in [6.45, 7) is 4.04. The van der Waals surface area contributed by atoms with Gasteiger partial charge in [-0.05, 0) is 0 Å². The van der Waals surface area contributed by atoms with E-state index in [0.717, 1.165) is 0 Å². The fourth-order valence-corrected chi connectivity index (χ4v) is 0.784. The summed E-state index contributed by atoms with van der Waals surface area (Å²) >= 11 is 3.23. The Kier molecular flexibility index (Phi) is 2.43. The predicted octanol–water partition coefficient (Wildman–Crippen LogP) is 2.09. The fraction of sp³-hybridized carbons (Fsp3) is 0.667. The molecule has 1 heterocycles. The minimum atomic E-state index is 0.320. The van der Waals surface area contributed by atoms with Crippen molar-refractivity contribution in [3.05, 3.63) is 11.7 Å². The summed E-state index contributed by atoms with van der Waals surface area (Å²) in [7, 11) is 0.